The van der Waals surface area contributed by atoms with Crippen LogP contribution in [0.15, 0.2) is 30.5 Å². The smallest absolute Gasteiger partial charge is 0.252 e. The normalized spacial score (nSPS) is 17.2. The monoisotopic (exact) mass is 569 g/mol. The Hall–Kier alpha value is -1.64. The van der Waals surface area contributed by atoms with Crippen LogP contribution in [0.1, 0.15) is 55.8 Å². The van der Waals surface area contributed by atoms with E-state index >= 15 is 0 Å². The first-order valence-corrected chi connectivity index (χ1v) is 13.4. The van der Waals surface area contributed by atoms with Crippen LogP contribution in [0.3, 0.4) is 0 Å². The van der Waals surface area contributed by atoms with E-state index in [1.54, 1.807) is 17.5 Å². The van der Waals surface area contributed by atoms with Gasteiger partial charge < -0.3 is 15.5 Å². The number of fused-ring (bicyclic) bond motifs is 1. The molecule has 10 heteroatoms. The minimum Gasteiger partial charge on any atom is -0.354 e. The van der Waals surface area contributed by atoms with Gasteiger partial charge in [-0.2, -0.15) is 0 Å². The number of carbonyl (C=O) groups excluding carboxylic acids is 1. The van der Waals surface area contributed by atoms with Gasteiger partial charge in [0.2, 0.25) is 5.95 Å². The second kappa shape index (κ2) is 12.3. The lowest BCUT2D eigenvalue weighted by Crippen LogP contribution is -2.36. The molecule has 2 fully saturated rings. The lowest BCUT2D eigenvalue weighted by Gasteiger charge is -2.38. The highest BCUT2D eigenvalue weighted by atomic mass is 35.5. The second-order valence-corrected chi connectivity index (χ2v) is 11.6. The summed E-state index contributed by atoms with van der Waals surface area (Å²) in [4.78, 5) is 25.2. The highest BCUT2D eigenvalue weighted by Crippen LogP contribution is 2.38. The Balaban J connectivity index is 0.00000180. The largest absolute Gasteiger partial charge is 0.354 e. The van der Waals surface area contributed by atoms with Crippen molar-refractivity contribution in [2.75, 3.05) is 32.0 Å². The standard InChI is InChI=1S/C26H32ClN5OS.2ClH/c1-26(10-13-32(2)14-11-26)9-4-12-28-25-29-16-20(27)23(31-25)22-15-19-18(5-3-6-21(19)34-22)24(33)30-17-7-8-17;;/h3,5-6,15-17H,4,7-14H2,1-2H3,(H,30,33)(H,28,29,31);2*1H. The molecule has 1 aromatic carbocycles. The molecule has 196 valence electrons. The molecule has 36 heavy (non-hydrogen) atoms. The number of anilines is 1. The molecule has 3 heterocycles. The Morgan fingerprint density at radius 2 is 2.00 bits per heavy atom. The van der Waals surface area contributed by atoms with Gasteiger partial charge in [0.25, 0.3) is 5.91 Å². The summed E-state index contributed by atoms with van der Waals surface area (Å²) in [6, 6.07) is 8.21. The van der Waals surface area contributed by atoms with Crippen molar-refractivity contribution in [2.45, 2.75) is 51.5 Å². The third kappa shape index (κ3) is 6.81. The van der Waals surface area contributed by atoms with Gasteiger partial charge in [-0.25, -0.2) is 9.97 Å². The Bertz CT molecular complexity index is 1190. The summed E-state index contributed by atoms with van der Waals surface area (Å²) in [7, 11) is 2.21. The Morgan fingerprint density at radius 1 is 1.25 bits per heavy atom. The van der Waals surface area contributed by atoms with Crippen LogP contribution in [0.4, 0.5) is 5.95 Å². The molecular formula is C26H34Cl3N5OS. The minimum absolute atomic E-state index is 0. The lowest BCUT2D eigenvalue weighted by molar-refractivity contribution is 0.0952. The highest BCUT2D eigenvalue weighted by Gasteiger charge is 2.28. The number of halogens is 3. The molecule has 2 aromatic heterocycles. The molecule has 1 amide bonds. The van der Waals surface area contributed by atoms with E-state index in [0.29, 0.717) is 33.7 Å². The summed E-state index contributed by atoms with van der Waals surface area (Å²) < 4.78 is 1.05. The van der Waals surface area contributed by atoms with Crippen LogP contribution in [0.5, 0.6) is 0 Å². The molecule has 3 aromatic rings. The summed E-state index contributed by atoms with van der Waals surface area (Å²) in [6.45, 7) is 5.63. The van der Waals surface area contributed by atoms with Crippen molar-refractivity contribution in [1.29, 1.82) is 0 Å². The van der Waals surface area contributed by atoms with E-state index in [0.717, 1.165) is 40.8 Å². The topological polar surface area (TPSA) is 70.2 Å². The Kier molecular flexibility index (Phi) is 9.86. The predicted octanol–water partition coefficient (Wildman–Crippen LogP) is 6.67. The number of thiophene rings is 1. The van der Waals surface area contributed by atoms with Crippen LogP contribution in [-0.2, 0) is 0 Å². The summed E-state index contributed by atoms with van der Waals surface area (Å²) >= 11 is 8.10. The van der Waals surface area contributed by atoms with E-state index in [4.69, 9.17) is 16.6 Å². The quantitative estimate of drug-likeness (QED) is 0.296. The van der Waals surface area contributed by atoms with Crippen LogP contribution in [-0.4, -0.2) is 53.5 Å². The second-order valence-electron chi connectivity index (χ2n) is 10.1. The molecule has 0 spiro atoms. The average Bonchev–Trinajstić information content (AvgIpc) is 3.53. The van der Waals surface area contributed by atoms with Crippen molar-refractivity contribution in [3.63, 3.8) is 0 Å². The molecule has 1 saturated heterocycles. The van der Waals surface area contributed by atoms with Crippen molar-refractivity contribution >= 4 is 69.7 Å². The number of hydrogen-bond acceptors (Lipinski definition) is 6. The van der Waals surface area contributed by atoms with Crippen molar-refractivity contribution < 1.29 is 4.79 Å². The number of nitrogens with zero attached hydrogens (tertiary/aromatic N) is 3. The number of carbonyl (C=O) groups is 1. The third-order valence-corrected chi connectivity index (χ3v) is 8.51. The summed E-state index contributed by atoms with van der Waals surface area (Å²) in [5.74, 6) is 0.587. The van der Waals surface area contributed by atoms with E-state index in [9.17, 15) is 4.79 Å². The number of likely N-dealkylation sites (tertiary alicyclic amines) is 1. The zero-order chi connectivity index (χ0) is 23.7. The molecule has 6 nitrogen and oxygen atoms in total. The fourth-order valence-corrected chi connectivity index (χ4v) is 5.96. The van der Waals surface area contributed by atoms with Gasteiger partial charge in [-0.3, -0.25) is 4.79 Å². The van der Waals surface area contributed by atoms with Gasteiger partial charge in [-0.15, -0.1) is 36.2 Å². The van der Waals surface area contributed by atoms with E-state index < -0.39 is 0 Å². The number of piperidine rings is 1. The van der Waals surface area contributed by atoms with E-state index in [1.165, 1.54) is 32.4 Å². The molecule has 2 N–H and O–H groups in total. The number of amides is 1. The van der Waals surface area contributed by atoms with E-state index in [-0.39, 0.29) is 30.7 Å². The van der Waals surface area contributed by atoms with Crippen molar-refractivity contribution in [1.82, 2.24) is 20.2 Å². The third-order valence-electron chi connectivity index (χ3n) is 7.13. The molecule has 1 aliphatic heterocycles. The fraction of sp³-hybridized carbons (Fsp3) is 0.500. The first-order chi connectivity index (χ1) is 16.4. The molecule has 2 aliphatic rings. The predicted molar refractivity (Wildman–Crippen MR) is 155 cm³/mol. The molecule has 0 unspecified atom stereocenters. The zero-order valence-electron chi connectivity index (χ0n) is 20.7. The number of rotatable bonds is 8. The maximum absolute atomic E-state index is 12.7. The molecule has 0 atom stereocenters. The molecule has 1 saturated carbocycles. The van der Waals surface area contributed by atoms with Gasteiger partial charge in [0.05, 0.1) is 16.1 Å². The summed E-state index contributed by atoms with van der Waals surface area (Å²) in [6.07, 6.45) is 8.62. The van der Waals surface area contributed by atoms with Gasteiger partial charge in [-0.1, -0.05) is 24.6 Å². The summed E-state index contributed by atoms with van der Waals surface area (Å²) in [5.41, 5.74) is 1.84. The van der Waals surface area contributed by atoms with Gasteiger partial charge in [0, 0.05) is 28.2 Å². The first-order valence-electron chi connectivity index (χ1n) is 12.2. The van der Waals surface area contributed by atoms with Crippen LogP contribution in [0.2, 0.25) is 5.02 Å². The van der Waals surface area contributed by atoms with Crippen LogP contribution >= 0.6 is 47.8 Å². The molecular weight excluding hydrogens is 537 g/mol. The van der Waals surface area contributed by atoms with Crippen LogP contribution in [0.25, 0.3) is 20.7 Å². The number of aromatic nitrogens is 2. The number of benzene rings is 1. The van der Waals surface area contributed by atoms with Crippen molar-refractivity contribution in [3.8, 4) is 10.6 Å². The maximum atomic E-state index is 12.7. The Morgan fingerprint density at radius 3 is 2.72 bits per heavy atom. The highest BCUT2D eigenvalue weighted by molar-refractivity contribution is 7.22. The summed E-state index contributed by atoms with van der Waals surface area (Å²) in [5, 5.41) is 7.93. The maximum Gasteiger partial charge on any atom is 0.252 e. The van der Waals surface area contributed by atoms with Gasteiger partial charge in [0.15, 0.2) is 0 Å². The van der Waals surface area contributed by atoms with Crippen LogP contribution in [0, 0.1) is 5.41 Å². The van der Waals surface area contributed by atoms with Crippen molar-refractivity contribution in [3.05, 3.63) is 41.0 Å². The molecule has 5 rings (SSSR count). The minimum atomic E-state index is -0.00750. The lowest BCUT2D eigenvalue weighted by atomic mass is 9.77. The van der Waals surface area contributed by atoms with Gasteiger partial charge >= 0.3 is 0 Å². The van der Waals surface area contributed by atoms with E-state index in [1.807, 2.05) is 24.3 Å². The molecule has 0 bridgehead atoms. The van der Waals surface area contributed by atoms with E-state index in [2.05, 4.69) is 34.5 Å². The van der Waals surface area contributed by atoms with Crippen LogP contribution < -0.4 is 10.6 Å². The number of nitrogens with one attached hydrogen (secondary N) is 2. The molecule has 0 radical (unpaired) electrons. The van der Waals surface area contributed by atoms with Gasteiger partial charge in [0.1, 0.15) is 5.69 Å². The molecule has 1 aliphatic carbocycles. The first kappa shape index (κ1) is 28.9. The SMILES string of the molecule is CN1CCC(C)(CCCNc2ncc(Cl)c(-c3cc4c(C(=O)NC5CC5)cccc4s3)n2)CC1.Cl.Cl. The zero-order valence-corrected chi connectivity index (χ0v) is 23.9. The van der Waals surface area contributed by atoms with Crippen molar-refractivity contribution in [2.24, 2.45) is 5.41 Å². The fourth-order valence-electron chi connectivity index (χ4n) is 4.62. The average molecular weight is 571 g/mol. The Labute approximate surface area is 234 Å². The van der Waals surface area contributed by atoms with Gasteiger partial charge in [-0.05, 0) is 82.3 Å². The number of hydrogen-bond donors (Lipinski definition) is 2.